The molecule has 0 unspecified atom stereocenters. The molecule has 14 heavy (non-hydrogen) atoms. The largest absolute Gasteiger partial charge is 0.484 e. The van der Waals surface area contributed by atoms with Crippen molar-refractivity contribution in [3.8, 4) is 5.06 Å². The minimum absolute atomic E-state index is 0.338. The van der Waals surface area contributed by atoms with Gasteiger partial charge in [-0.15, -0.1) is 11.3 Å². The number of methoxy groups -OCH3 is 1. The van der Waals surface area contributed by atoms with Crippen molar-refractivity contribution in [3.05, 3.63) is 17.0 Å². The van der Waals surface area contributed by atoms with Crippen molar-refractivity contribution >= 4 is 17.3 Å². The van der Waals surface area contributed by atoms with E-state index >= 15 is 0 Å². The average Bonchev–Trinajstić information content (AvgIpc) is 2.66. The molecule has 4 nitrogen and oxygen atoms in total. The molecule has 0 bridgehead atoms. The van der Waals surface area contributed by atoms with E-state index in [9.17, 15) is 4.79 Å². The molecule has 1 rings (SSSR count). The van der Waals surface area contributed by atoms with Gasteiger partial charge in [0.25, 0.3) is 0 Å². The number of nitrogens with two attached hydrogens (primary N) is 1. The van der Waals surface area contributed by atoms with Gasteiger partial charge in [-0.25, -0.2) is 4.79 Å². The molecule has 0 aliphatic rings. The summed E-state index contributed by atoms with van der Waals surface area (Å²) in [6.45, 7) is 1.19. The Morgan fingerprint density at radius 3 is 3.07 bits per heavy atom. The number of carbonyl (C=O) groups excluding carboxylic acids is 1. The molecule has 0 aliphatic carbocycles. The Morgan fingerprint density at radius 2 is 2.43 bits per heavy atom. The second-order valence-corrected chi connectivity index (χ2v) is 3.51. The van der Waals surface area contributed by atoms with Crippen molar-refractivity contribution < 1.29 is 14.3 Å². The molecule has 0 saturated heterocycles. The van der Waals surface area contributed by atoms with Crippen LogP contribution in [-0.2, 0) is 4.74 Å². The topological polar surface area (TPSA) is 61.5 Å². The van der Waals surface area contributed by atoms with E-state index in [1.807, 2.05) is 0 Å². The van der Waals surface area contributed by atoms with Gasteiger partial charge in [-0.1, -0.05) is 0 Å². The van der Waals surface area contributed by atoms with E-state index in [1.54, 1.807) is 11.4 Å². The molecular formula is C9H13NO3S. The second-order valence-electron chi connectivity index (χ2n) is 2.64. The first-order valence-electron chi connectivity index (χ1n) is 4.27. The molecule has 5 heteroatoms. The zero-order valence-electron chi connectivity index (χ0n) is 7.99. The first kappa shape index (κ1) is 11.0. The molecule has 0 spiro atoms. The van der Waals surface area contributed by atoms with Crippen LogP contribution in [0.1, 0.15) is 16.8 Å². The summed E-state index contributed by atoms with van der Waals surface area (Å²) in [5, 5.41) is 2.43. The summed E-state index contributed by atoms with van der Waals surface area (Å²) in [5.41, 5.74) is 5.84. The number of ether oxygens (including phenoxy) is 2. The maximum absolute atomic E-state index is 11.1. The van der Waals surface area contributed by atoms with E-state index in [4.69, 9.17) is 10.5 Å². The molecular weight excluding hydrogens is 202 g/mol. The number of esters is 1. The van der Waals surface area contributed by atoms with E-state index < -0.39 is 0 Å². The normalized spacial score (nSPS) is 9.86. The predicted molar refractivity (Wildman–Crippen MR) is 54.8 cm³/mol. The molecule has 0 amide bonds. The first-order valence-corrected chi connectivity index (χ1v) is 5.15. The fraction of sp³-hybridized carbons (Fsp3) is 0.444. The molecule has 0 radical (unpaired) electrons. The summed E-state index contributed by atoms with van der Waals surface area (Å²) >= 11 is 1.38. The van der Waals surface area contributed by atoms with Crippen LogP contribution in [0.15, 0.2) is 11.4 Å². The third-order valence-corrected chi connectivity index (χ3v) is 2.43. The Kier molecular flexibility index (Phi) is 4.42. The van der Waals surface area contributed by atoms with Gasteiger partial charge in [0.1, 0.15) is 0 Å². The van der Waals surface area contributed by atoms with Gasteiger partial charge in [-0.05, 0) is 13.0 Å². The fourth-order valence-corrected chi connectivity index (χ4v) is 1.63. The van der Waals surface area contributed by atoms with Crippen LogP contribution < -0.4 is 10.5 Å². The van der Waals surface area contributed by atoms with Gasteiger partial charge in [0.2, 0.25) is 0 Å². The molecule has 78 valence electrons. The van der Waals surface area contributed by atoms with Crippen LogP contribution in [0.5, 0.6) is 5.06 Å². The third kappa shape index (κ3) is 3.01. The molecule has 0 fully saturated rings. The molecule has 0 saturated carbocycles. The van der Waals surface area contributed by atoms with Gasteiger partial charge in [-0.3, -0.25) is 0 Å². The number of thiophene rings is 1. The van der Waals surface area contributed by atoms with Crippen molar-refractivity contribution in [3.63, 3.8) is 0 Å². The summed E-state index contributed by atoms with van der Waals surface area (Å²) < 4.78 is 9.92. The van der Waals surface area contributed by atoms with Crippen molar-refractivity contribution in [2.24, 2.45) is 5.73 Å². The first-order chi connectivity index (χ1) is 6.77. The Balaban J connectivity index is 2.46. The summed E-state index contributed by atoms with van der Waals surface area (Å²) in [4.78, 5) is 11.1. The molecule has 1 heterocycles. The SMILES string of the molecule is COC(=O)c1csc(OCCCN)c1. The highest BCUT2D eigenvalue weighted by molar-refractivity contribution is 7.12. The lowest BCUT2D eigenvalue weighted by molar-refractivity contribution is 0.0601. The molecule has 0 aliphatic heterocycles. The maximum Gasteiger partial charge on any atom is 0.338 e. The fourth-order valence-electron chi connectivity index (χ4n) is 0.873. The smallest absolute Gasteiger partial charge is 0.338 e. The van der Waals surface area contributed by atoms with Gasteiger partial charge < -0.3 is 15.2 Å². The number of hydrogen-bond donors (Lipinski definition) is 1. The molecule has 1 aromatic heterocycles. The van der Waals surface area contributed by atoms with Crippen molar-refractivity contribution in [2.75, 3.05) is 20.3 Å². The monoisotopic (exact) mass is 215 g/mol. The van der Waals surface area contributed by atoms with E-state index in [2.05, 4.69) is 4.74 Å². The van der Waals surface area contributed by atoms with Gasteiger partial charge >= 0.3 is 5.97 Å². The van der Waals surface area contributed by atoms with Gasteiger partial charge in [0, 0.05) is 11.4 Å². The highest BCUT2D eigenvalue weighted by atomic mass is 32.1. The lowest BCUT2D eigenvalue weighted by atomic mass is 10.3. The molecule has 2 N–H and O–H groups in total. The number of rotatable bonds is 5. The van der Waals surface area contributed by atoms with Crippen LogP contribution in [0.2, 0.25) is 0 Å². The van der Waals surface area contributed by atoms with Gasteiger partial charge in [0.05, 0.1) is 19.3 Å². The van der Waals surface area contributed by atoms with Crippen molar-refractivity contribution in [1.29, 1.82) is 0 Å². The van der Waals surface area contributed by atoms with Crippen LogP contribution in [-0.4, -0.2) is 26.2 Å². The highest BCUT2D eigenvalue weighted by Crippen LogP contribution is 2.23. The van der Waals surface area contributed by atoms with Crippen molar-refractivity contribution in [2.45, 2.75) is 6.42 Å². The van der Waals surface area contributed by atoms with E-state index in [0.29, 0.717) is 18.7 Å². The molecule has 0 atom stereocenters. The number of hydrogen-bond acceptors (Lipinski definition) is 5. The predicted octanol–water partition coefficient (Wildman–Crippen LogP) is 1.26. The van der Waals surface area contributed by atoms with E-state index in [0.717, 1.165) is 11.5 Å². The summed E-state index contributed by atoms with van der Waals surface area (Å²) in [6, 6.07) is 1.67. The van der Waals surface area contributed by atoms with Crippen LogP contribution in [0.4, 0.5) is 0 Å². The second kappa shape index (κ2) is 5.62. The van der Waals surface area contributed by atoms with Crippen LogP contribution in [0.25, 0.3) is 0 Å². The minimum Gasteiger partial charge on any atom is -0.484 e. The third-order valence-electron chi connectivity index (χ3n) is 1.59. The maximum atomic E-state index is 11.1. The zero-order valence-corrected chi connectivity index (χ0v) is 8.80. The van der Waals surface area contributed by atoms with Crippen LogP contribution >= 0.6 is 11.3 Å². The Bertz CT molecular complexity index is 298. The standard InChI is InChI=1S/C9H13NO3S/c1-12-9(11)7-5-8(14-6-7)13-4-2-3-10/h5-6H,2-4,10H2,1H3. The zero-order chi connectivity index (χ0) is 10.4. The van der Waals surface area contributed by atoms with E-state index in [1.165, 1.54) is 18.4 Å². The lowest BCUT2D eigenvalue weighted by Gasteiger charge is -1.99. The van der Waals surface area contributed by atoms with Gasteiger partial charge in [0.15, 0.2) is 5.06 Å². The van der Waals surface area contributed by atoms with E-state index in [-0.39, 0.29) is 5.97 Å². The van der Waals surface area contributed by atoms with Gasteiger partial charge in [-0.2, -0.15) is 0 Å². The Hall–Kier alpha value is -1.07. The van der Waals surface area contributed by atoms with Crippen molar-refractivity contribution in [1.82, 2.24) is 0 Å². The Morgan fingerprint density at radius 1 is 1.64 bits per heavy atom. The summed E-state index contributed by atoms with van der Waals surface area (Å²) in [7, 11) is 1.36. The average molecular weight is 215 g/mol. The summed E-state index contributed by atoms with van der Waals surface area (Å²) in [5.74, 6) is -0.338. The highest BCUT2D eigenvalue weighted by Gasteiger charge is 2.08. The summed E-state index contributed by atoms with van der Waals surface area (Å²) in [6.07, 6.45) is 0.811. The quantitative estimate of drug-likeness (QED) is 0.593. The molecule has 0 aromatic carbocycles. The minimum atomic E-state index is -0.338. The Labute approximate surface area is 86.6 Å². The lowest BCUT2D eigenvalue weighted by Crippen LogP contribution is -2.05. The van der Waals surface area contributed by atoms with Crippen LogP contribution in [0, 0.1) is 0 Å². The number of carbonyl (C=O) groups is 1. The van der Waals surface area contributed by atoms with Crippen LogP contribution in [0.3, 0.4) is 0 Å². The molecule has 1 aromatic rings.